The molecule has 0 aliphatic carbocycles. The Morgan fingerprint density at radius 2 is 1.88 bits per heavy atom. The highest BCUT2D eigenvalue weighted by atomic mass is 16.5. The molecule has 0 radical (unpaired) electrons. The maximum atomic E-state index is 12.4. The van der Waals surface area contributed by atoms with E-state index in [1.807, 2.05) is 0 Å². The summed E-state index contributed by atoms with van der Waals surface area (Å²) in [5.41, 5.74) is 1.28. The third kappa shape index (κ3) is 5.30. The van der Waals surface area contributed by atoms with Gasteiger partial charge in [0, 0.05) is 23.2 Å². The minimum atomic E-state index is -0.0542. The molecule has 0 saturated carbocycles. The van der Waals surface area contributed by atoms with Gasteiger partial charge in [-0.05, 0) is 64.9 Å². The number of ether oxygens (including phenoxy) is 1. The fourth-order valence-electron chi connectivity index (χ4n) is 3.30. The number of methoxy groups -OCH3 is 1. The zero-order chi connectivity index (χ0) is 18.4. The van der Waals surface area contributed by atoms with E-state index in [1.165, 1.54) is 26.2 Å². The first-order valence-corrected chi connectivity index (χ1v) is 9.03. The molecular weight excluding hydrogens is 316 g/mol. The Kier molecular flexibility index (Phi) is 6.59. The summed E-state index contributed by atoms with van der Waals surface area (Å²) in [5, 5.41) is 3.05. The Morgan fingerprint density at radius 1 is 1.20 bits per heavy atom. The standard InChI is InChI=1S/C20H30N2O3/c1-15(23)16-8-9-18(25-4)17(12-16)13-19(24)21-14-20(2,3)22-10-6-5-7-11-22/h8-9,12H,5-7,10-11,13-14H2,1-4H3,(H,21,24). The molecule has 0 spiro atoms. The van der Waals surface area contributed by atoms with Gasteiger partial charge in [-0.15, -0.1) is 0 Å². The minimum Gasteiger partial charge on any atom is -0.496 e. The van der Waals surface area contributed by atoms with Crippen LogP contribution in [0.25, 0.3) is 0 Å². The molecule has 138 valence electrons. The van der Waals surface area contributed by atoms with Crippen LogP contribution < -0.4 is 10.1 Å². The predicted octanol–water partition coefficient (Wildman–Crippen LogP) is 2.82. The van der Waals surface area contributed by atoms with Crippen LogP contribution in [-0.4, -0.2) is 48.9 Å². The van der Waals surface area contributed by atoms with E-state index in [-0.39, 0.29) is 23.7 Å². The molecule has 5 heteroatoms. The Morgan fingerprint density at radius 3 is 2.48 bits per heavy atom. The largest absolute Gasteiger partial charge is 0.496 e. The van der Waals surface area contributed by atoms with E-state index in [0.717, 1.165) is 18.7 Å². The lowest BCUT2D eigenvalue weighted by Gasteiger charge is -2.41. The van der Waals surface area contributed by atoms with Crippen molar-refractivity contribution < 1.29 is 14.3 Å². The second-order valence-electron chi connectivity index (χ2n) is 7.40. The van der Waals surface area contributed by atoms with Crippen LogP contribution in [-0.2, 0) is 11.2 Å². The third-order valence-corrected chi connectivity index (χ3v) is 4.97. The van der Waals surface area contributed by atoms with Gasteiger partial charge in [0.05, 0.1) is 13.5 Å². The van der Waals surface area contributed by atoms with Crippen LogP contribution in [0.2, 0.25) is 0 Å². The summed E-state index contributed by atoms with van der Waals surface area (Å²) >= 11 is 0. The molecule has 1 amide bonds. The number of likely N-dealkylation sites (tertiary alicyclic amines) is 1. The number of amides is 1. The average Bonchev–Trinajstić information content (AvgIpc) is 2.60. The number of hydrogen-bond acceptors (Lipinski definition) is 4. The third-order valence-electron chi connectivity index (χ3n) is 4.97. The highest BCUT2D eigenvalue weighted by molar-refractivity contribution is 5.94. The monoisotopic (exact) mass is 346 g/mol. The summed E-state index contributed by atoms with van der Waals surface area (Å²) in [5.74, 6) is 0.565. The van der Waals surface area contributed by atoms with E-state index in [4.69, 9.17) is 4.74 Å². The number of ketones is 1. The SMILES string of the molecule is COc1ccc(C(C)=O)cc1CC(=O)NCC(C)(C)N1CCCCC1. The van der Waals surface area contributed by atoms with Crippen molar-refractivity contribution >= 4 is 11.7 Å². The Hall–Kier alpha value is -1.88. The lowest BCUT2D eigenvalue weighted by Crippen LogP contribution is -2.53. The van der Waals surface area contributed by atoms with Crippen molar-refractivity contribution in [2.45, 2.75) is 52.0 Å². The van der Waals surface area contributed by atoms with E-state index in [9.17, 15) is 9.59 Å². The van der Waals surface area contributed by atoms with Crippen molar-refractivity contribution in [2.75, 3.05) is 26.7 Å². The number of Topliss-reactive ketones (excluding diaryl/α,β-unsaturated/α-hetero) is 1. The molecule has 1 saturated heterocycles. The van der Waals surface area contributed by atoms with Gasteiger partial charge in [0.1, 0.15) is 5.75 Å². The first-order valence-electron chi connectivity index (χ1n) is 9.03. The fourth-order valence-corrected chi connectivity index (χ4v) is 3.30. The molecule has 1 aliphatic rings. The maximum absolute atomic E-state index is 12.4. The number of carbonyl (C=O) groups is 2. The van der Waals surface area contributed by atoms with Crippen LogP contribution in [0.1, 0.15) is 56.0 Å². The van der Waals surface area contributed by atoms with E-state index in [2.05, 4.69) is 24.1 Å². The predicted molar refractivity (Wildman–Crippen MR) is 99.2 cm³/mol. The number of piperidine rings is 1. The lowest BCUT2D eigenvalue weighted by molar-refractivity contribution is -0.121. The van der Waals surface area contributed by atoms with Gasteiger partial charge in [0.15, 0.2) is 5.78 Å². The van der Waals surface area contributed by atoms with Crippen molar-refractivity contribution in [3.8, 4) is 5.75 Å². The van der Waals surface area contributed by atoms with Crippen LogP contribution in [0.15, 0.2) is 18.2 Å². The van der Waals surface area contributed by atoms with Gasteiger partial charge in [-0.25, -0.2) is 0 Å². The van der Waals surface area contributed by atoms with Crippen molar-refractivity contribution in [3.63, 3.8) is 0 Å². The summed E-state index contributed by atoms with van der Waals surface area (Å²) in [6.45, 7) is 8.67. The molecule has 0 bridgehead atoms. The van der Waals surface area contributed by atoms with Gasteiger partial charge in [-0.2, -0.15) is 0 Å². The normalized spacial score (nSPS) is 15.7. The molecule has 1 aromatic rings. The molecule has 25 heavy (non-hydrogen) atoms. The molecule has 0 aromatic heterocycles. The zero-order valence-electron chi connectivity index (χ0n) is 15.9. The van der Waals surface area contributed by atoms with E-state index >= 15 is 0 Å². The van der Waals surface area contributed by atoms with Crippen molar-refractivity contribution in [1.82, 2.24) is 10.2 Å². The molecule has 2 rings (SSSR count). The summed E-state index contributed by atoms with van der Waals surface area (Å²) in [7, 11) is 1.57. The molecule has 1 fully saturated rings. The van der Waals surface area contributed by atoms with Crippen LogP contribution >= 0.6 is 0 Å². The first-order chi connectivity index (χ1) is 11.8. The zero-order valence-corrected chi connectivity index (χ0v) is 15.9. The Bertz CT molecular complexity index is 619. The van der Waals surface area contributed by atoms with Crippen molar-refractivity contribution in [3.05, 3.63) is 29.3 Å². The Labute approximate surface area is 150 Å². The molecule has 0 unspecified atom stereocenters. The van der Waals surface area contributed by atoms with Crippen LogP contribution in [0.4, 0.5) is 0 Å². The number of carbonyl (C=O) groups excluding carboxylic acids is 2. The second-order valence-corrected chi connectivity index (χ2v) is 7.40. The fraction of sp³-hybridized carbons (Fsp3) is 0.600. The summed E-state index contributed by atoms with van der Waals surface area (Å²) in [6, 6.07) is 5.22. The molecular formula is C20H30N2O3. The number of nitrogens with zero attached hydrogens (tertiary/aromatic N) is 1. The smallest absolute Gasteiger partial charge is 0.224 e. The van der Waals surface area contributed by atoms with Gasteiger partial charge >= 0.3 is 0 Å². The van der Waals surface area contributed by atoms with E-state index in [0.29, 0.717) is 17.9 Å². The molecule has 0 atom stereocenters. The second kappa shape index (κ2) is 8.48. The summed E-state index contributed by atoms with van der Waals surface area (Å²) in [6.07, 6.45) is 3.96. The number of hydrogen-bond donors (Lipinski definition) is 1. The summed E-state index contributed by atoms with van der Waals surface area (Å²) in [4.78, 5) is 26.4. The first kappa shape index (κ1) is 19.4. The van der Waals surface area contributed by atoms with Gasteiger partial charge in [0.25, 0.3) is 0 Å². The lowest BCUT2D eigenvalue weighted by atomic mass is 9.98. The van der Waals surface area contributed by atoms with Gasteiger partial charge < -0.3 is 10.1 Å². The minimum absolute atomic E-state index is 0.0180. The Balaban J connectivity index is 1.97. The highest BCUT2D eigenvalue weighted by Crippen LogP contribution is 2.22. The van der Waals surface area contributed by atoms with E-state index < -0.39 is 0 Å². The molecule has 1 aliphatic heterocycles. The number of benzene rings is 1. The average molecular weight is 346 g/mol. The topological polar surface area (TPSA) is 58.6 Å². The quantitative estimate of drug-likeness (QED) is 0.771. The molecule has 1 N–H and O–H groups in total. The molecule has 1 heterocycles. The number of rotatable bonds is 7. The molecule has 5 nitrogen and oxygen atoms in total. The van der Waals surface area contributed by atoms with Gasteiger partial charge in [0.2, 0.25) is 5.91 Å². The van der Waals surface area contributed by atoms with Crippen molar-refractivity contribution in [2.24, 2.45) is 0 Å². The number of nitrogens with one attached hydrogen (secondary N) is 1. The van der Waals surface area contributed by atoms with E-state index in [1.54, 1.807) is 25.3 Å². The highest BCUT2D eigenvalue weighted by Gasteiger charge is 2.28. The van der Waals surface area contributed by atoms with Crippen LogP contribution in [0.3, 0.4) is 0 Å². The van der Waals surface area contributed by atoms with Crippen LogP contribution in [0.5, 0.6) is 5.75 Å². The maximum Gasteiger partial charge on any atom is 0.224 e. The van der Waals surface area contributed by atoms with Gasteiger partial charge in [-0.3, -0.25) is 14.5 Å². The van der Waals surface area contributed by atoms with Crippen LogP contribution in [0, 0.1) is 0 Å². The molecule has 1 aromatic carbocycles. The van der Waals surface area contributed by atoms with Crippen molar-refractivity contribution in [1.29, 1.82) is 0 Å². The summed E-state index contributed by atoms with van der Waals surface area (Å²) < 4.78 is 5.32. The van der Waals surface area contributed by atoms with Gasteiger partial charge in [-0.1, -0.05) is 6.42 Å².